The zero-order chi connectivity index (χ0) is 23.4. The molecular formula is C32H25FS2. The minimum Gasteiger partial charge on any atom is -0.207 e. The lowest BCUT2D eigenvalue weighted by Gasteiger charge is -2.40. The van der Waals surface area contributed by atoms with E-state index in [1.165, 1.54) is 47.0 Å². The zero-order valence-corrected chi connectivity index (χ0v) is 21.0. The van der Waals surface area contributed by atoms with Gasteiger partial charge in [0.15, 0.2) is 0 Å². The average molecular weight is 493 g/mol. The molecule has 0 bridgehead atoms. The van der Waals surface area contributed by atoms with Crippen LogP contribution in [0.3, 0.4) is 0 Å². The third-order valence-corrected chi connectivity index (χ3v) is 10.1. The maximum atomic E-state index is 13.2. The van der Waals surface area contributed by atoms with Crippen LogP contribution in [0.2, 0.25) is 0 Å². The molecule has 2 aliphatic carbocycles. The topological polar surface area (TPSA) is 0 Å². The van der Waals surface area contributed by atoms with Crippen LogP contribution in [0, 0.1) is 5.82 Å². The summed E-state index contributed by atoms with van der Waals surface area (Å²) in [5, 5.41) is 1.40. The Labute approximate surface area is 213 Å². The summed E-state index contributed by atoms with van der Waals surface area (Å²) in [6.45, 7) is 0. The molecule has 0 spiro atoms. The van der Waals surface area contributed by atoms with Crippen LogP contribution < -0.4 is 0 Å². The van der Waals surface area contributed by atoms with Crippen molar-refractivity contribution in [1.29, 1.82) is 0 Å². The Morgan fingerprint density at radius 3 is 2.26 bits per heavy atom. The standard InChI is InChI=1S/C32H25FS2/c33-24-12-6-21(7-13-24)9-15-26-19-23-11-17-28-29-27(30(28)32(23)35-26)16-10-22-18-25(34-31(22)29)14-8-20-4-2-1-3-5-20/h1-7,10-13,16-19,28,30H,8-9,14-15H2. The highest BCUT2D eigenvalue weighted by Crippen LogP contribution is 2.59. The molecule has 2 aliphatic rings. The Morgan fingerprint density at radius 2 is 1.46 bits per heavy atom. The van der Waals surface area contributed by atoms with E-state index >= 15 is 0 Å². The molecule has 3 heteroatoms. The van der Waals surface area contributed by atoms with E-state index in [2.05, 4.69) is 66.7 Å². The summed E-state index contributed by atoms with van der Waals surface area (Å²) < 4.78 is 14.7. The van der Waals surface area contributed by atoms with Crippen molar-refractivity contribution >= 4 is 38.8 Å². The molecule has 0 nitrogen and oxygen atoms in total. The summed E-state index contributed by atoms with van der Waals surface area (Å²) in [6.07, 6.45) is 8.95. The van der Waals surface area contributed by atoms with Crippen LogP contribution in [0.1, 0.15) is 54.3 Å². The number of hydrogen-bond donors (Lipinski definition) is 0. The minimum absolute atomic E-state index is 0.164. The molecule has 0 saturated heterocycles. The number of rotatable bonds is 6. The van der Waals surface area contributed by atoms with Crippen LogP contribution >= 0.6 is 22.7 Å². The maximum Gasteiger partial charge on any atom is 0.123 e. The molecule has 0 aliphatic heterocycles. The molecule has 2 atom stereocenters. The van der Waals surface area contributed by atoms with Crippen molar-refractivity contribution < 1.29 is 4.39 Å². The Morgan fingerprint density at radius 1 is 0.714 bits per heavy atom. The van der Waals surface area contributed by atoms with E-state index in [0.29, 0.717) is 11.8 Å². The van der Waals surface area contributed by atoms with Gasteiger partial charge in [-0.1, -0.05) is 66.7 Å². The third-order valence-electron chi connectivity index (χ3n) is 7.52. The van der Waals surface area contributed by atoms with Crippen molar-refractivity contribution in [3.05, 3.63) is 133 Å². The summed E-state index contributed by atoms with van der Waals surface area (Å²) in [7, 11) is 0. The molecule has 7 rings (SSSR count). The molecule has 3 aromatic carbocycles. The Bertz CT molecular complexity index is 1550. The lowest BCUT2D eigenvalue weighted by molar-refractivity contribution is 0.627. The molecule has 2 heterocycles. The zero-order valence-electron chi connectivity index (χ0n) is 19.3. The SMILES string of the molecule is Fc1ccc(CCc2cc3c(s2)C2c4ccc5cc(CCc6ccccc6)sc5c4C2C=C3)cc1. The number of hydrogen-bond acceptors (Lipinski definition) is 2. The highest BCUT2D eigenvalue weighted by Gasteiger charge is 2.42. The highest BCUT2D eigenvalue weighted by atomic mass is 32.1. The van der Waals surface area contributed by atoms with E-state index in [4.69, 9.17) is 0 Å². The van der Waals surface area contributed by atoms with Gasteiger partial charge in [-0.15, -0.1) is 22.7 Å². The Kier molecular flexibility index (Phi) is 5.22. The van der Waals surface area contributed by atoms with Crippen LogP contribution in [-0.2, 0) is 25.7 Å². The highest BCUT2D eigenvalue weighted by molar-refractivity contribution is 7.19. The summed E-state index contributed by atoms with van der Waals surface area (Å²) >= 11 is 3.98. The first kappa shape index (κ1) is 21.3. The van der Waals surface area contributed by atoms with E-state index in [9.17, 15) is 4.39 Å². The fraction of sp³-hybridized carbons (Fsp3) is 0.188. The van der Waals surface area contributed by atoms with Gasteiger partial charge in [0, 0.05) is 31.2 Å². The molecular weight excluding hydrogens is 467 g/mol. The van der Waals surface area contributed by atoms with E-state index in [1.807, 2.05) is 34.8 Å². The van der Waals surface area contributed by atoms with E-state index < -0.39 is 0 Å². The van der Waals surface area contributed by atoms with Crippen molar-refractivity contribution in [1.82, 2.24) is 0 Å². The van der Waals surface area contributed by atoms with Crippen molar-refractivity contribution in [3.8, 4) is 0 Å². The number of benzene rings is 3. The van der Waals surface area contributed by atoms with Gasteiger partial charge < -0.3 is 0 Å². The van der Waals surface area contributed by atoms with Crippen molar-refractivity contribution in [2.24, 2.45) is 0 Å². The predicted octanol–water partition coefficient (Wildman–Crippen LogP) is 8.93. The van der Waals surface area contributed by atoms with Gasteiger partial charge in [0.2, 0.25) is 0 Å². The second-order valence-electron chi connectivity index (χ2n) is 9.71. The number of allylic oxidation sites excluding steroid dienone is 1. The first-order valence-electron chi connectivity index (χ1n) is 12.4. The summed E-state index contributed by atoms with van der Waals surface area (Å²) in [5.74, 6) is 0.850. The normalized spacial score (nSPS) is 17.6. The molecule has 2 unspecified atom stereocenters. The van der Waals surface area contributed by atoms with Gasteiger partial charge in [-0.3, -0.25) is 0 Å². The molecule has 0 amide bonds. The van der Waals surface area contributed by atoms with Gasteiger partial charge in [-0.05, 0) is 83.2 Å². The van der Waals surface area contributed by atoms with Gasteiger partial charge in [0.25, 0.3) is 0 Å². The van der Waals surface area contributed by atoms with E-state index in [-0.39, 0.29) is 5.82 Å². The molecule has 172 valence electrons. The van der Waals surface area contributed by atoms with Gasteiger partial charge in [-0.25, -0.2) is 4.39 Å². The minimum atomic E-state index is -0.164. The van der Waals surface area contributed by atoms with Crippen molar-refractivity contribution in [2.45, 2.75) is 37.5 Å². The molecule has 0 N–H and O–H groups in total. The van der Waals surface area contributed by atoms with Crippen molar-refractivity contribution in [3.63, 3.8) is 0 Å². The van der Waals surface area contributed by atoms with Gasteiger partial charge in [0.1, 0.15) is 5.82 Å². The summed E-state index contributed by atoms with van der Waals surface area (Å²) in [4.78, 5) is 4.44. The van der Waals surface area contributed by atoms with Crippen molar-refractivity contribution in [2.75, 3.05) is 0 Å². The van der Waals surface area contributed by atoms with Gasteiger partial charge in [0.05, 0.1) is 0 Å². The number of halogens is 1. The number of thiophene rings is 2. The van der Waals surface area contributed by atoms with E-state index in [1.54, 1.807) is 17.7 Å². The third kappa shape index (κ3) is 3.78. The van der Waals surface area contributed by atoms with E-state index in [0.717, 1.165) is 25.7 Å². The summed E-state index contributed by atoms with van der Waals surface area (Å²) in [5.41, 5.74) is 7.09. The molecule has 35 heavy (non-hydrogen) atoms. The van der Waals surface area contributed by atoms with Gasteiger partial charge in [-0.2, -0.15) is 0 Å². The predicted molar refractivity (Wildman–Crippen MR) is 147 cm³/mol. The number of aryl methyl sites for hydroxylation is 4. The molecule has 2 aromatic heterocycles. The quantitative estimate of drug-likeness (QED) is 0.222. The fourth-order valence-electron chi connectivity index (χ4n) is 5.72. The largest absolute Gasteiger partial charge is 0.207 e. The lowest BCUT2D eigenvalue weighted by Crippen LogP contribution is -2.25. The monoisotopic (exact) mass is 492 g/mol. The first-order chi connectivity index (χ1) is 17.2. The second-order valence-corrected chi connectivity index (χ2v) is 12.0. The van der Waals surface area contributed by atoms with Crippen LogP contribution in [0.25, 0.3) is 16.2 Å². The first-order valence-corrected chi connectivity index (χ1v) is 14.0. The molecule has 0 fully saturated rings. The Hall–Kier alpha value is -3.01. The second kappa shape index (κ2) is 8.58. The smallest absolute Gasteiger partial charge is 0.123 e. The van der Waals surface area contributed by atoms with Crippen LogP contribution in [0.15, 0.2) is 84.9 Å². The molecule has 5 aromatic rings. The number of fused-ring (bicyclic) bond motifs is 8. The van der Waals surface area contributed by atoms with Crippen LogP contribution in [0.4, 0.5) is 4.39 Å². The lowest BCUT2D eigenvalue weighted by atomic mass is 9.64. The maximum absolute atomic E-state index is 13.2. The summed E-state index contributed by atoms with van der Waals surface area (Å²) in [6, 6.07) is 27.2. The molecule has 0 saturated carbocycles. The Balaban J connectivity index is 1.13. The van der Waals surface area contributed by atoms with Crippen LogP contribution in [0.5, 0.6) is 0 Å². The van der Waals surface area contributed by atoms with Gasteiger partial charge >= 0.3 is 0 Å². The van der Waals surface area contributed by atoms with Crippen LogP contribution in [-0.4, -0.2) is 0 Å². The molecule has 0 radical (unpaired) electrons. The fourth-order valence-corrected chi connectivity index (χ4v) is 8.29. The average Bonchev–Trinajstić information content (AvgIpc) is 3.47.